The molecule has 3 rings (SSSR count). The molecule has 1 aromatic carbocycles. The Morgan fingerprint density at radius 2 is 2.19 bits per heavy atom. The molecule has 0 bridgehead atoms. The molecule has 0 spiro atoms. The fraction of sp³-hybridized carbons (Fsp3) is 0.571. The normalized spacial score (nSPS) is 26.7. The van der Waals surface area contributed by atoms with Gasteiger partial charge in [-0.1, -0.05) is 12.1 Å². The second kappa shape index (κ2) is 5.92. The highest BCUT2D eigenvalue weighted by molar-refractivity contribution is 7.89. The van der Waals surface area contributed by atoms with E-state index >= 15 is 0 Å². The number of sulfonamides is 1. The first-order valence-corrected chi connectivity index (χ1v) is 8.68. The number of ether oxygens (including phenoxy) is 1. The maximum absolute atomic E-state index is 12.2. The number of rotatable bonds is 4. The lowest BCUT2D eigenvalue weighted by Gasteiger charge is -2.35. The summed E-state index contributed by atoms with van der Waals surface area (Å²) < 4.78 is 32.6. The van der Waals surface area contributed by atoms with Crippen LogP contribution in [0.3, 0.4) is 0 Å². The molecule has 2 atom stereocenters. The first-order chi connectivity index (χ1) is 10.1. The molecule has 2 saturated heterocycles. The highest BCUT2D eigenvalue weighted by Gasteiger charge is 2.32. The Hall–Kier alpha value is -1.15. The zero-order valence-electron chi connectivity index (χ0n) is 11.7. The number of aromatic hydroxyl groups is 1. The Labute approximate surface area is 124 Å². The maximum atomic E-state index is 12.2. The Kier molecular flexibility index (Phi) is 4.17. The fourth-order valence-corrected chi connectivity index (χ4v) is 4.14. The molecule has 21 heavy (non-hydrogen) atoms. The van der Waals surface area contributed by atoms with Crippen molar-refractivity contribution in [3.8, 4) is 5.75 Å². The zero-order valence-corrected chi connectivity index (χ0v) is 12.6. The van der Waals surface area contributed by atoms with E-state index in [1.165, 1.54) is 18.6 Å². The van der Waals surface area contributed by atoms with Gasteiger partial charge in [0.1, 0.15) is 10.6 Å². The summed E-state index contributed by atoms with van der Waals surface area (Å²) in [6.07, 6.45) is 2.21. The van der Waals surface area contributed by atoms with E-state index in [1.807, 2.05) is 0 Å². The number of hydrogen-bond donors (Lipinski definition) is 2. The Bertz CT molecular complexity index is 605. The fourth-order valence-electron chi connectivity index (χ4n) is 2.97. The van der Waals surface area contributed by atoms with Crippen LogP contribution in [0.4, 0.5) is 0 Å². The van der Waals surface area contributed by atoms with E-state index in [-0.39, 0.29) is 23.3 Å². The second-order valence-corrected chi connectivity index (χ2v) is 7.30. The predicted molar refractivity (Wildman–Crippen MR) is 77.6 cm³/mol. The van der Waals surface area contributed by atoms with E-state index in [1.54, 1.807) is 12.1 Å². The van der Waals surface area contributed by atoms with Crippen LogP contribution in [-0.2, 0) is 14.8 Å². The Balaban J connectivity index is 1.61. The van der Waals surface area contributed by atoms with Crippen LogP contribution in [0.15, 0.2) is 29.2 Å². The van der Waals surface area contributed by atoms with Gasteiger partial charge in [0, 0.05) is 19.1 Å². The summed E-state index contributed by atoms with van der Waals surface area (Å²) in [6.45, 7) is 2.72. The number of para-hydroxylation sites is 1. The lowest BCUT2D eigenvalue weighted by atomic mass is 10.2. The van der Waals surface area contributed by atoms with E-state index in [4.69, 9.17) is 4.74 Å². The van der Waals surface area contributed by atoms with Crippen molar-refractivity contribution in [2.24, 2.45) is 0 Å². The van der Waals surface area contributed by atoms with Crippen LogP contribution in [0.5, 0.6) is 5.75 Å². The van der Waals surface area contributed by atoms with Crippen LogP contribution in [0, 0.1) is 0 Å². The molecular weight excluding hydrogens is 292 g/mol. The van der Waals surface area contributed by atoms with Crippen molar-refractivity contribution in [2.75, 3.05) is 26.2 Å². The van der Waals surface area contributed by atoms with E-state index < -0.39 is 10.0 Å². The number of nitrogens with one attached hydrogen (secondary N) is 1. The summed E-state index contributed by atoms with van der Waals surface area (Å²) in [5.74, 6) is -0.242. The van der Waals surface area contributed by atoms with E-state index in [2.05, 4.69) is 9.62 Å². The Morgan fingerprint density at radius 3 is 3.00 bits per heavy atom. The predicted octanol–water partition coefficient (Wildman–Crippen LogP) is 0.534. The summed E-state index contributed by atoms with van der Waals surface area (Å²) >= 11 is 0. The van der Waals surface area contributed by atoms with Crippen LogP contribution in [0.25, 0.3) is 0 Å². The molecule has 1 aromatic rings. The van der Waals surface area contributed by atoms with Gasteiger partial charge in [-0.3, -0.25) is 4.90 Å². The third-order valence-electron chi connectivity index (χ3n) is 4.12. The van der Waals surface area contributed by atoms with Crippen LogP contribution in [-0.4, -0.2) is 56.8 Å². The number of hydrogen-bond acceptors (Lipinski definition) is 5. The molecule has 6 nitrogen and oxygen atoms in total. The molecule has 0 aliphatic carbocycles. The van der Waals surface area contributed by atoms with Gasteiger partial charge in [-0.2, -0.15) is 0 Å². The van der Waals surface area contributed by atoms with Crippen molar-refractivity contribution in [1.82, 2.24) is 9.62 Å². The second-order valence-electron chi connectivity index (χ2n) is 5.57. The number of morpholine rings is 1. The van der Waals surface area contributed by atoms with E-state index in [0.29, 0.717) is 12.6 Å². The van der Waals surface area contributed by atoms with E-state index in [9.17, 15) is 13.5 Å². The van der Waals surface area contributed by atoms with Crippen molar-refractivity contribution in [3.63, 3.8) is 0 Å². The maximum Gasteiger partial charge on any atom is 0.244 e. The topological polar surface area (TPSA) is 78.9 Å². The number of benzene rings is 1. The minimum atomic E-state index is -3.71. The summed E-state index contributed by atoms with van der Waals surface area (Å²) in [5, 5.41) is 9.65. The molecule has 2 N–H and O–H groups in total. The molecule has 0 radical (unpaired) electrons. The standard InChI is InChI=1S/C14H20N2O4S/c17-13-5-1-2-6-14(13)21(18,19)15-8-12-9-16-7-3-4-11(16)10-20-12/h1-2,5-6,11-12,15,17H,3-4,7-10H2. The highest BCUT2D eigenvalue weighted by atomic mass is 32.2. The smallest absolute Gasteiger partial charge is 0.244 e. The third-order valence-corrected chi connectivity index (χ3v) is 5.59. The van der Waals surface area contributed by atoms with Gasteiger partial charge in [-0.25, -0.2) is 13.1 Å². The van der Waals surface area contributed by atoms with Crippen molar-refractivity contribution in [2.45, 2.75) is 29.9 Å². The monoisotopic (exact) mass is 312 g/mol. The molecule has 2 heterocycles. The van der Waals surface area contributed by atoms with Gasteiger partial charge in [-0.15, -0.1) is 0 Å². The SMILES string of the molecule is O=S(=O)(NCC1CN2CCCC2CO1)c1ccccc1O. The van der Waals surface area contributed by atoms with Crippen LogP contribution >= 0.6 is 0 Å². The first-order valence-electron chi connectivity index (χ1n) is 7.19. The lowest BCUT2D eigenvalue weighted by Crippen LogP contribution is -2.50. The first kappa shape index (κ1) is 14.8. The minimum Gasteiger partial charge on any atom is -0.507 e. The van der Waals surface area contributed by atoms with Crippen molar-refractivity contribution in [1.29, 1.82) is 0 Å². The van der Waals surface area contributed by atoms with Gasteiger partial charge in [0.15, 0.2) is 0 Å². The molecule has 2 aliphatic rings. The van der Waals surface area contributed by atoms with Crippen molar-refractivity contribution >= 4 is 10.0 Å². The van der Waals surface area contributed by atoms with E-state index in [0.717, 1.165) is 19.5 Å². The van der Waals surface area contributed by atoms with Gasteiger partial charge >= 0.3 is 0 Å². The number of phenolic OH excluding ortho intramolecular Hbond substituents is 1. The average Bonchev–Trinajstić information content (AvgIpc) is 2.93. The molecule has 2 aliphatic heterocycles. The molecule has 7 heteroatoms. The minimum absolute atomic E-state index is 0.0974. The molecule has 116 valence electrons. The summed E-state index contributed by atoms with van der Waals surface area (Å²) in [4.78, 5) is 2.27. The third kappa shape index (κ3) is 3.21. The molecule has 2 unspecified atom stereocenters. The van der Waals surface area contributed by atoms with Gasteiger partial charge in [-0.05, 0) is 31.5 Å². The van der Waals surface area contributed by atoms with Crippen LogP contribution in [0.2, 0.25) is 0 Å². The van der Waals surface area contributed by atoms with Crippen molar-refractivity contribution in [3.05, 3.63) is 24.3 Å². The number of nitrogens with zero attached hydrogens (tertiary/aromatic N) is 1. The number of fused-ring (bicyclic) bond motifs is 1. The van der Waals surface area contributed by atoms with Gasteiger partial charge in [0.2, 0.25) is 10.0 Å². The Morgan fingerprint density at radius 1 is 1.38 bits per heavy atom. The summed E-state index contributed by atoms with van der Waals surface area (Å²) in [5.41, 5.74) is 0. The summed E-state index contributed by atoms with van der Waals surface area (Å²) in [6, 6.07) is 6.42. The largest absolute Gasteiger partial charge is 0.507 e. The van der Waals surface area contributed by atoms with Crippen molar-refractivity contribution < 1.29 is 18.3 Å². The molecule has 0 saturated carbocycles. The molecule has 2 fully saturated rings. The van der Waals surface area contributed by atoms with Gasteiger partial charge in [0.05, 0.1) is 12.7 Å². The highest BCUT2D eigenvalue weighted by Crippen LogP contribution is 2.23. The van der Waals surface area contributed by atoms with Crippen LogP contribution in [0.1, 0.15) is 12.8 Å². The average molecular weight is 312 g/mol. The summed E-state index contributed by atoms with van der Waals surface area (Å²) in [7, 11) is -3.71. The zero-order chi connectivity index (χ0) is 14.9. The van der Waals surface area contributed by atoms with Gasteiger partial charge in [0.25, 0.3) is 0 Å². The molecule has 0 amide bonds. The lowest BCUT2D eigenvalue weighted by molar-refractivity contribution is -0.0449. The van der Waals surface area contributed by atoms with Gasteiger partial charge < -0.3 is 9.84 Å². The number of phenols is 1. The molecule has 0 aromatic heterocycles. The molecular formula is C14H20N2O4S. The quantitative estimate of drug-likeness (QED) is 0.848. The van der Waals surface area contributed by atoms with Crippen LogP contribution < -0.4 is 4.72 Å².